The summed E-state index contributed by atoms with van der Waals surface area (Å²) >= 11 is 0. The molecule has 1 aliphatic rings. The Morgan fingerprint density at radius 1 is 1.10 bits per heavy atom. The van der Waals surface area contributed by atoms with Crippen LogP contribution in [0.4, 0.5) is 5.69 Å². The molecular formula is C18H21N3. The van der Waals surface area contributed by atoms with Gasteiger partial charge in [0.25, 0.3) is 0 Å². The van der Waals surface area contributed by atoms with Crippen LogP contribution in [-0.2, 0) is 13.0 Å². The summed E-state index contributed by atoms with van der Waals surface area (Å²) < 4.78 is 0. The Balaban J connectivity index is 1.87. The van der Waals surface area contributed by atoms with Crippen molar-refractivity contribution in [3.8, 4) is 0 Å². The van der Waals surface area contributed by atoms with Crippen LogP contribution < -0.4 is 10.6 Å². The highest BCUT2D eigenvalue weighted by Gasteiger charge is 2.15. The highest BCUT2D eigenvalue weighted by molar-refractivity contribution is 5.95. The van der Waals surface area contributed by atoms with E-state index >= 15 is 0 Å². The number of rotatable bonds is 3. The van der Waals surface area contributed by atoms with Crippen LogP contribution in [0.3, 0.4) is 0 Å². The molecule has 21 heavy (non-hydrogen) atoms. The largest absolute Gasteiger partial charge is 0.384 e. The fourth-order valence-electron chi connectivity index (χ4n) is 2.99. The zero-order valence-corrected chi connectivity index (χ0v) is 12.2. The summed E-state index contributed by atoms with van der Waals surface area (Å²) in [5.74, 6) is 0.133. The molecule has 108 valence electrons. The molecule has 3 N–H and O–H groups in total. The maximum atomic E-state index is 7.57. The van der Waals surface area contributed by atoms with Crippen molar-refractivity contribution in [3.63, 3.8) is 0 Å². The zero-order chi connectivity index (χ0) is 14.7. The van der Waals surface area contributed by atoms with Gasteiger partial charge in [0, 0.05) is 24.3 Å². The number of nitrogen functional groups attached to an aromatic ring is 1. The summed E-state index contributed by atoms with van der Waals surface area (Å²) in [6, 6.07) is 16.7. The molecule has 3 heteroatoms. The Kier molecular flexibility index (Phi) is 3.91. The van der Waals surface area contributed by atoms with E-state index in [1.54, 1.807) is 0 Å². The highest BCUT2D eigenvalue weighted by Crippen LogP contribution is 2.27. The Labute approximate surface area is 125 Å². The van der Waals surface area contributed by atoms with Gasteiger partial charge in [0.15, 0.2) is 0 Å². The molecule has 3 nitrogen and oxygen atoms in total. The van der Waals surface area contributed by atoms with Crippen molar-refractivity contribution in [2.75, 3.05) is 11.4 Å². The third kappa shape index (κ3) is 3.07. The minimum absolute atomic E-state index is 0.133. The lowest BCUT2D eigenvalue weighted by atomic mass is 10.1. The molecule has 0 radical (unpaired) electrons. The number of nitrogens with one attached hydrogen (secondary N) is 1. The van der Waals surface area contributed by atoms with Gasteiger partial charge >= 0.3 is 0 Å². The molecule has 0 aromatic heterocycles. The summed E-state index contributed by atoms with van der Waals surface area (Å²) in [6.07, 6.45) is 3.64. The molecule has 0 aliphatic carbocycles. The van der Waals surface area contributed by atoms with Crippen molar-refractivity contribution in [3.05, 3.63) is 65.2 Å². The van der Waals surface area contributed by atoms with Crippen molar-refractivity contribution in [2.45, 2.75) is 25.8 Å². The molecule has 0 fully saturated rings. The average Bonchev–Trinajstić information content (AvgIpc) is 2.70. The molecule has 2 aromatic rings. The maximum Gasteiger partial charge on any atom is 0.122 e. The standard InChI is InChI=1S/C18H21N3/c19-18(20)16-9-5-6-14(12-16)13-21-11-4-3-8-15-7-1-2-10-17(15)21/h1-2,5-7,9-10,12H,3-4,8,11,13H2,(H3,19,20). The molecule has 0 spiro atoms. The minimum atomic E-state index is 0.133. The van der Waals surface area contributed by atoms with Crippen LogP contribution >= 0.6 is 0 Å². The van der Waals surface area contributed by atoms with E-state index < -0.39 is 0 Å². The third-order valence-corrected chi connectivity index (χ3v) is 4.07. The van der Waals surface area contributed by atoms with E-state index in [9.17, 15) is 0 Å². The van der Waals surface area contributed by atoms with Gasteiger partial charge in [-0.1, -0.05) is 36.4 Å². The number of nitrogens with two attached hydrogens (primary N) is 1. The predicted molar refractivity (Wildman–Crippen MR) is 87.9 cm³/mol. The second-order valence-electron chi connectivity index (χ2n) is 5.62. The highest BCUT2D eigenvalue weighted by atomic mass is 15.1. The van der Waals surface area contributed by atoms with E-state index in [0.717, 1.165) is 18.7 Å². The summed E-state index contributed by atoms with van der Waals surface area (Å²) in [4.78, 5) is 2.45. The van der Waals surface area contributed by atoms with Crippen LogP contribution in [0.25, 0.3) is 0 Å². The van der Waals surface area contributed by atoms with Gasteiger partial charge < -0.3 is 10.6 Å². The first-order valence-electron chi connectivity index (χ1n) is 7.50. The average molecular weight is 279 g/mol. The van der Waals surface area contributed by atoms with Crippen molar-refractivity contribution in [1.82, 2.24) is 0 Å². The summed E-state index contributed by atoms with van der Waals surface area (Å²) in [5.41, 5.74) is 10.4. The Hall–Kier alpha value is -2.29. The second kappa shape index (κ2) is 6.00. The smallest absolute Gasteiger partial charge is 0.122 e. The topological polar surface area (TPSA) is 53.1 Å². The van der Waals surface area contributed by atoms with E-state index in [1.807, 2.05) is 18.2 Å². The van der Waals surface area contributed by atoms with Gasteiger partial charge in [-0.25, -0.2) is 0 Å². The number of hydrogen-bond donors (Lipinski definition) is 2. The third-order valence-electron chi connectivity index (χ3n) is 4.07. The SMILES string of the molecule is N=C(N)c1cccc(CN2CCCCc3ccccc32)c1. The van der Waals surface area contributed by atoms with E-state index in [0.29, 0.717) is 0 Å². The molecule has 0 saturated heterocycles. The summed E-state index contributed by atoms with van der Waals surface area (Å²) in [5, 5.41) is 7.57. The van der Waals surface area contributed by atoms with Crippen molar-refractivity contribution in [1.29, 1.82) is 5.41 Å². The van der Waals surface area contributed by atoms with E-state index in [-0.39, 0.29) is 5.84 Å². The van der Waals surface area contributed by atoms with Crippen LogP contribution in [0.15, 0.2) is 48.5 Å². The first-order valence-corrected chi connectivity index (χ1v) is 7.50. The van der Waals surface area contributed by atoms with E-state index in [1.165, 1.54) is 36.1 Å². The van der Waals surface area contributed by atoms with Gasteiger partial charge in [0.1, 0.15) is 5.84 Å². The Bertz CT molecular complexity index is 648. The lowest BCUT2D eigenvalue weighted by Crippen LogP contribution is -2.23. The van der Waals surface area contributed by atoms with E-state index in [4.69, 9.17) is 11.1 Å². The molecule has 0 bridgehead atoms. The lowest BCUT2D eigenvalue weighted by Gasteiger charge is -2.25. The molecule has 0 amide bonds. The van der Waals surface area contributed by atoms with Crippen LogP contribution in [0.2, 0.25) is 0 Å². The number of amidine groups is 1. The number of nitrogens with zero attached hydrogens (tertiary/aromatic N) is 1. The number of benzene rings is 2. The van der Waals surface area contributed by atoms with Gasteiger partial charge in [-0.15, -0.1) is 0 Å². The lowest BCUT2D eigenvalue weighted by molar-refractivity contribution is 0.714. The molecule has 3 rings (SSSR count). The number of hydrogen-bond acceptors (Lipinski definition) is 2. The number of anilines is 1. The molecular weight excluding hydrogens is 258 g/mol. The fourth-order valence-corrected chi connectivity index (χ4v) is 2.99. The maximum absolute atomic E-state index is 7.57. The molecule has 0 atom stereocenters. The van der Waals surface area contributed by atoms with Crippen molar-refractivity contribution in [2.24, 2.45) is 5.73 Å². The quantitative estimate of drug-likeness (QED) is 0.669. The first-order chi connectivity index (χ1) is 10.2. The summed E-state index contributed by atoms with van der Waals surface area (Å²) in [6.45, 7) is 1.96. The van der Waals surface area contributed by atoms with Gasteiger partial charge in [-0.3, -0.25) is 5.41 Å². The van der Waals surface area contributed by atoms with Crippen LogP contribution in [-0.4, -0.2) is 12.4 Å². The van der Waals surface area contributed by atoms with Gasteiger partial charge in [0.2, 0.25) is 0 Å². The second-order valence-corrected chi connectivity index (χ2v) is 5.62. The van der Waals surface area contributed by atoms with E-state index in [2.05, 4.69) is 35.2 Å². The van der Waals surface area contributed by atoms with Gasteiger partial charge in [-0.2, -0.15) is 0 Å². The normalized spacial score (nSPS) is 14.4. The Morgan fingerprint density at radius 3 is 2.81 bits per heavy atom. The van der Waals surface area contributed by atoms with Crippen molar-refractivity contribution >= 4 is 11.5 Å². The van der Waals surface area contributed by atoms with Crippen LogP contribution in [0.5, 0.6) is 0 Å². The molecule has 1 aliphatic heterocycles. The van der Waals surface area contributed by atoms with Crippen LogP contribution in [0, 0.1) is 5.41 Å². The van der Waals surface area contributed by atoms with Gasteiger partial charge in [-0.05, 0) is 42.5 Å². The predicted octanol–water partition coefficient (Wildman–Crippen LogP) is 3.31. The molecule has 0 saturated carbocycles. The molecule has 2 aromatic carbocycles. The molecule has 1 heterocycles. The van der Waals surface area contributed by atoms with Crippen LogP contribution in [0.1, 0.15) is 29.5 Å². The first kappa shape index (κ1) is 13.7. The van der Waals surface area contributed by atoms with Crippen molar-refractivity contribution < 1.29 is 0 Å². The number of fused-ring (bicyclic) bond motifs is 1. The monoisotopic (exact) mass is 279 g/mol. The summed E-state index contributed by atoms with van der Waals surface area (Å²) in [7, 11) is 0. The number of para-hydroxylation sites is 1. The Morgan fingerprint density at radius 2 is 1.95 bits per heavy atom. The van der Waals surface area contributed by atoms with Gasteiger partial charge in [0.05, 0.1) is 0 Å². The fraction of sp³-hybridized carbons (Fsp3) is 0.278. The number of aryl methyl sites for hydroxylation is 1. The minimum Gasteiger partial charge on any atom is -0.384 e. The molecule has 0 unspecified atom stereocenters. The zero-order valence-electron chi connectivity index (χ0n) is 12.2.